The van der Waals surface area contributed by atoms with E-state index in [4.69, 9.17) is 69.6 Å². The topological polar surface area (TPSA) is 50.2 Å². The Morgan fingerprint density at radius 1 is 0.826 bits per heavy atom. The standard InChI is InChI=1S/C13H8Cl6N4/c14-12(15,16)8-1-3-10(20-5-8)22-7-23-11-4-2-9(6-21-11)13(17,18)19/h1-7H,(H,20,21,22,23). The number of rotatable bonds is 3. The quantitative estimate of drug-likeness (QED) is 0.373. The molecule has 23 heavy (non-hydrogen) atoms. The van der Waals surface area contributed by atoms with Gasteiger partial charge in [-0.3, -0.25) is 0 Å². The molecule has 0 aliphatic rings. The molecule has 2 rings (SSSR count). The largest absolute Gasteiger partial charge is 0.331 e. The number of anilines is 1. The highest BCUT2D eigenvalue weighted by Crippen LogP contribution is 2.38. The van der Waals surface area contributed by atoms with Crippen molar-refractivity contribution < 1.29 is 0 Å². The Bertz CT molecular complexity index is 674. The third-order valence-corrected chi connectivity index (χ3v) is 3.88. The first-order valence-electron chi connectivity index (χ1n) is 6.02. The van der Waals surface area contributed by atoms with Gasteiger partial charge in [0.15, 0.2) is 5.82 Å². The summed E-state index contributed by atoms with van der Waals surface area (Å²) in [6.45, 7) is 0. The minimum Gasteiger partial charge on any atom is -0.331 e. The summed E-state index contributed by atoms with van der Waals surface area (Å²) in [5.41, 5.74) is 0.923. The van der Waals surface area contributed by atoms with Gasteiger partial charge in [-0.05, 0) is 24.3 Å². The lowest BCUT2D eigenvalue weighted by Crippen LogP contribution is -2.03. The fourth-order valence-corrected chi connectivity index (χ4v) is 2.11. The molecule has 0 spiro atoms. The molecule has 2 aromatic heterocycles. The molecule has 10 heteroatoms. The van der Waals surface area contributed by atoms with E-state index >= 15 is 0 Å². The van der Waals surface area contributed by atoms with Crippen LogP contribution >= 0.6 is 69.6 Å². The Hall–Kier alpha value is -0.490. The third-order valence-electron chi connectivity index (χ3n) is 2.58. The molecular formula is C13H8Cl6N4. The normalized spacial score (nSPS) is 12.6. The fourth-order valence-electron chi connectivity index (χ4n) is 1.44. The third kappa shape index (κ3) is 5.82. The zero-order valence-corrected chi connectivity index (χ0v) is 15.7. The van der Waals surface area contributed by atoms with Gasteiger partial charge in [0.05, 0.1) is 6.34 Å². The highest BCUT2D eigenvalue weighted by molar-refractivity contribution is 6.67. The van der Waals surface area contributed by atoms with Crippen LogP contribution in [0.4, 0.5) is 11.6 Å². The van der Waals surface area contributed by atoms with Crippen molar-refractivity contribution in [2.75, 3.05) is 5.32 Å². The van der Waals surface area contributed by atoms with E-state index in [1.807, 2.05) is 0 Å². The molecule has 0 bridgehead atoms. The van der Waals surface area contributed by atoms with E-state index in [1.54, 1.807) is 24.3 Å². The van der Waals surface area contributed by atoms with Crippen LogP contribution in [0.25, 0.3) is 0 Å². The van der Waals surface area contributed by atoms with Gasteiger partial charge >= 0.3 is 0 Å². The molecule has 2 heterocycles. The first kappa shape index (κ1) is 18.8. The number of hydrogen-bond acceptors (Lipinski definition) is 3. The summed E-state index contributed by atoms with van der Waals surface area (Å²) in [6.07, 6.45) is 4.32. The average molecular weight is 433 g/mol. The maximum Gasteiger partial charge on any atom is 0.217 e. The molecular weight excluding hydrogens is 425 g/mol. The Morgan fingerprint density at radius 3 is 1.83 bits per heavy atom. The summed E-state index contributed by atoms with van der Waals surface area (Å²) in [5, 5.41) is 2.87. The predicted molar refractivity (Wildman–Crippen MR) is 98.7 cm³/mol. The van der Waals surface area contributed by atoms with E-state index in [0.29, 0.717) is 22.8 Å². The summed E-state index contributed by atoms with van der Waals surface area (Å²) in [4.78, 5) is 12.3. The SMILES string of the molecule is ClC(Cl)(Cl)c1ccc(N=CNc2ccc(C(Cl)(Cl)Cl)cn2)nc1. The summed E-state index contributed by atoms with van der Waals surface area (Å²) in [5.74, 6) is 0.970. The Labute approximate surface area is 162 Å². The minimum atomic E-state index is -1.51. The lowest BCUT2D eigenvalue weighted by atomic mass is 10.3. The molecule has 0 atom stereocenters. The average Bonchev–Trinajstić information content (AvgIpc) is 2.46. The summed E-state index contributed by atoms with van der Waals surface area (Å²) >= 11 is 34.5. The van der Waals surface area contributed by atoms with Crippen LogP contribution in [0.15, 0.2) is 41.7 Å². The van der Waals surface area contributed by atoms with E-state index in [0.717, 1.165) is 0 Å². The van der Waals surface area contributed by atoms with Crippen LogP contribution in [0.5, 0.6) is 0 Å². The second kappa shape index (κ2) is 7.60. The van der Waals surface area contributed by atoms with Crippen molar-refractivity contribution in [3.63, 3.8) is 0 Å². The molecule has 4 nitrogen and oxygen atoms in total. The van der Waals surface area contributed by atoms with Crippen molar-refractivity contribution in [1.82, 2.24) is 9.97 Å². The van der Waals surface area contributed by atoms with Gasteiger partial charge in [0.1, 0.15) is 5.82 Å². The maximum atomic E-state index is 5.75. The lowest BCUT2D eigenvalue weighted by molar-refractivity contribution is 1.16. The van der Waals surface area contributed by atoms with Crippen LogP contribution in [0.1, 0.15) is 11.1 Å². The number of halogens is 6. The van der Waals surface area contributed by atoms with Crippen molar-refractivity contribution >= 4 is 87.6 Å². The number of hydrogen-bond donors (Lipinski definition) is 1. The molecule has 1 N–H and O–H groups in total. The summed E-state index contributed by atoms with van der Waals surface area (Å²) < 4.78 is -3.02. The van der Waals surface area contributed by atoms with Crippen molar-refractivity contribution in [2.45, 2.75) is 7.59 Å². The van der Waals surface area contributed by atoms with Gasteiger partial charge in [-0.15, -0.1) is 0 Å². The summed E-state index contributed by atoms with van der Waals surface area (Å²) in [7, 11) is 0. The van der Waals surface area contributed by atoms with Gasteiger partial charge in [-0.2, -0.15) is 0 Å². The molecule has 0 saturated carbocycles. The lowest BCUT2D eigenvalue weighted by Gasteiger charge is -2.10. The van der Waals surface area contributed by atoms with Crippen LogP contribution in [0, 0.1) is 0 Å². The minimum absolute atomic E-state index is 0.438. The zero-order chi connectivity index (χ0) is 17.1. The molecule has 0 fully saturated rings. The smallest absolute Gasteiger partial charge is 0.217 e. The van der Waals surface area contributed by atoms with Crippen molar-refractivity contribution in [3.8, 4) is 0 Å². The van der Waals surface area contributed by atoms with E-state index < -0.39 is 7.59 Å². The summed E-state index contributed by atoms with van der Waals surface area (Å²) in [6, 6.07) is 6.54. The van der Waals surface area contributed by atoms with Gasteiger partial charge < -0.3 is 5.32 Å². The van der Waals surface area contributed by atoms with E-state index in [-0.39, 0.29) is 0 Å². The Morgan fingerprint density at radius 2 is 1.39 bits per heavy atom. The van der Waals surface area contributed by atoms with E-state index in [9.17, 15) is 0 Å². The second-order valence-electron chi connectivity index (χ2n) is 4.24. The zero-order valence-electron chi connectivity index (χ0n) is 11.2. The molecule has 0 unspecified atom stereocenters. The van der Waals surface area contributed by atoms with Crippen LogP contribution in [0.2, 0.25) is 0 Å². The highest BCUT2D eigenvalue weighted by atomic mass is 35.6. The Balaban J connectivity index is 1.99. The van der Waals surface area contributed by atoms with Gasteiger partial charge in [-0.1, -0.05) is 69.6 Å². The Kier molecular flexibility index (Phi) is 6.22. The number of aromatic nitrogens is 2. The van der Waals surface area contributed by atoms with Crippen LogP contribution in [-0.4, -0.2) is 16.3 Å². The maximum absolute atomic E-state index is 5.75. The molecule has 2 aromatic rings. The van der Waals surface area contributed by atoms with Gasteiger partial charge in [0, 0.05) is 23.5 Å². The number of aliphatic imine (C=N–C) groups is 1. The molecule has 122 valence electrons. The van der Waals surface area contributed by atoms with Crippen LogP contribution < -0.4 is 5.32 Å². The first-order valence-corrected chi connectivity index (χ1v) is 8.28. The van der Waals surface area contributed by atoms with Crippen molar-refractivity contribution in [3.05, 3.63) is 47.8 Å². The molecule has 0 aliphatic carbocycles. The number of nitrogens with one attached hydrogen (secondary N) is 1. The first-order chi connectivity index (χ1) is 10.7. The van der Waals surface area contributed by atoms with Gasteiger partial charge in [0.25, 0.3) is 0 Å². The van der Waals surface area contributed by atoms with Crippen molar-refractivity contribution in [2.24, 2.45) is 4.99 Å². The van der Waals surface area contributed by atoms with Crippen LogP contribution in [-0.2, 0) is 7.59 Å². The monoisotopic (exact) mass is 430 g/mol. The molecule has 0 aromatic carbocycles. The van der Waals surface area contributed by atoms with E-state index in [2.05, 4.69) is 20.3 Å². The van der Waals surface area contributed by atoms with Gasteiger partial charge in [0.2, 0.25) is 7.59 Å². The number of alkyl halides is 6. The second-order valence-corrected chi connectivity index (χ2v) is 8.80. The van der Waals surface area contributed by atoms with Gasteiger partial charge in [-0.25, -0.2) is 15.0 Å². The van der Waals surface area contributed by atoms with E-state index in [1.165, 1.54) is 18.7 Å². The molecule has 0 saturated heterocycles. The highest BCUT2D eigenvalue weighted by Gasteiger charge is 2.23. The number of pyridine rings is 2. The fraction of sp³-hybridized carbons (Fsp3) is 0.154. The van der Waals surface area contributed by atoms with Crippen LogP contribution in [0.3, 0.4) is 0 Å². The predicted octanol–water partition coefficient (Wildman–Crippen LogP) is 5.90. The molecule has 0 aliphatic heterocycles. The number of nitrogens with zero attached hydrogens (tertiary/aromatic N) is 3. The van der Waals surface area contributed by atoms with Crippen molar-refractivity contribution in [1.29, 1.82) is 0 Å². The molecule has 0 radical (unpaired) electrons. The molecule has 0 amide bonds.